The highest BCUT2D eigenvalue weighted by Gasteiger charge is 2.33. The highest BCUT2D eigenvalue weighted by molar-refractivity contribution is 7.92. The Hall–Kier alpha value is -3.65. The Kier molecular flexibility index (Phi) is 8.99. The van der Waals surface area contributed by atoms with Crippen LogP contribution in [0, 0.1) is 13.8 Å². The average molecular weight is 536 g/mol. The van der Waals surface area contributed by atoms with Crippen molar-refractivity contribution in [3.63, 3.8) is 0 Å². The van der Waals surface area contributed by atoms with Gasteiger partial charge in [0.25, 0.3) is 10.0 Å². The van der Waals surface area contributed by atoms with Crippen molar-refractivity contribution in [2.75, 3.05) is 10.8 Å². The van der Waals surface area contributed by atoms with Crippen molar-refractivity contribution in [3.05, 3.63) is 95.6 Å². The fourth-order valence-corrected chi connectivity index (χ4v) is 5.39. The molecule has 3 aromatic rings. The third-order valence-corrected chi connectivity index (χ3v) is 8.04. The number of nitrogens with zero attached hydrogens (tertiary/aromatic N) is 2. The molecule has 38 heavy (non-hydrogen) atoms. The Morgan fingerprint density at radius 3 is 2.00 bits per heavy atom. The summed E-state index contributed by atoms with van der Waals surface area (Å²) in [5.41, 5.74) is 2.64. The van der Waals surface area contributed by atoms with Crippen LogP contribution >= 0.6 is 0 Å². The Labute approximate surface area is 226 Å². The molecule has 0 bridgehead atoms. The molecule has 2 amide bonds. The number of sulfonamides is 1. The van der Waals surface area contributed by atoms with Gasteiger partial charge in [-0.15, -0.1) is 0 Å². The summed E-state index contributed by atoms with van der Waals surface area (Å²) < 4.78 is 28.8. The summed E-state index contributed by atoms with van der Waals surface area (Å²) in [6.07, 6.45) is 0. The van der Waals surface area contributed by atoms with E-state index in [9.17, 15) is 18.0 Å². The van der Waals surface area contributed by atoms with E-state index in [1.165, 1.54) is 17.0 Å². The van der Waals surface area contributed by atoms with Crippen molar-refractivity contribution in [2.45, 2.75) is 64.6 Å². The second-order valence-corrected chi connectivity index (χ2v) is 12.4. The molecule has 3 aromatic carbocycles. The van der Waals surface area contributed by atoms with Gasteiger partial charge in [-0.2, -0.15) is 0 Å². The van der Waals surface area contributed by atoms with E-state index < -0.39 is 34.1 Å². The minimum Gasteiger partial charge on any atom is -0.350 e. The molecule has 0 aliphatic carbocycles. The van der Waals surface area contributed by atoms with Crippen molar-refractivity contribution in [3.8, 4) is 0 Å². The zero-order valence-corrected chi connectivity index (χ0v) is 23.7. The Morgan fingerprint density at radius 2 is 1.45 bits per heavy atom. The first-order valence-corrected chi connectivity index (χ1v) is 14.0. The first kappa shape index (κ1) is 28.9. The predicted octanol–water partition coefficient (Wildman–Crippen LogP) is 4.83. The Balaban J connectivity index is 2.04. The molecule has 7 nitrogen and oxygen atoms in total. The molecule has 3 rings (SSSR count). The lowest BCUT2D eigenvalue weighted by Gasteiger charge is -2.33. The summed E-state index contributed by atoms with van der Waals surface area (Å²) in [6, 6.07) is 21.9. The molecule has 1 N–H and O–H groups in total. The third-order valence-electron chi connectivity index (χ3n) is 6.25. The molecule has 0 saturated carbocycles. The summed E-state index contributed by atoms with van der Waals surface area (Å²) in [4.78, 5) is 28.5. The highest BCUT2D eigenvalue weighted by atomic mass is 32.2. The van der Waals surface area contributed by atoms with Crippen LogP contribution in [0.1, 0.15) is 44.4 Å². The van der Waals surface area contributed by atoms with Crippen LogP contribution in [-0.4, -0.2) is 43.3 Å². The molecule has 0 spiro atoms. The van der Waals surface area contributed by atoms with Gasteiger partial charge in [0, 0.05) is 12.1 Å². The summed E-state index contributed by atoms with van der Waals surface area (Å²) in [7, 11) is -4.07. The lowest BCUT2D eigenvalue weighted by atomic mass is 10.1. The minimum atomic E-state index is -4.07. The van der Waals surface area contributed by atoms with Crippen LogP contribution in [0.25, 0.3) is 0 Å². The number of carbonyl (C=O) groups excluding carboxylic acids is 2. The molecular weight excluding hydrogens is 498 g/mol. The monoisotopic (exact) mass is 535 g/mol. The van der Waals surface area contributed by atoms with Crippen LogP contribution < -0.4 is 9.62 Å². The van der Waals surface area contributed by atoms with E-state index in [-0.39, 0.29) is 17.3 Å². The molecule has 1 atom stereocenters. The fraction of sp³-hybridized carbons (Fsp3) is 0.333. The number of nitrogens with one attached hydrogen (secondary N) is 1. The molecule has 0 fully saturated rings. The van der Waals surface area contributed by atoms with E-state index in [1.807, 2.05) is 71.0 Å². The fourth-order valence-electron chi connectivity index (χ4n) is 3.97. The predicted molar refractivity (Wildman–Crippen MR) is 151 cm³/mol. The Morgan fingerprint density at radius 1 is 0.868 bits per heavy atom. The number of aryl methyl sites for hydroxylation is 2. The first-order chi connectivity index (χ1) is 17.8. The number of anilines is 1. The van der Waals surface area contributed by atoms with Crippen LogP contribution in [0.5, 0.6) is 0 Å². The lowest BCUT2D eigenvalue weighted by molar-refractivity contribution is -0.140. The van der Waals surface area contributed by atoms with E-state index in [4.69, 9.17) is 0 Å². The summed E-state index contributed by atoms with van der Waals surface area (Å²) in [6.45, 7) is 10.8. The Bertz CT molecular complexity index is 1370. The van der Waals surface area contributed by atoms with Crippen molar-refractivity contribution in [2.24, 2.45) is 0 Å². The van der Waals surface area contributed by atoms with Gasteiger partial charge in [-0.05, 0) is 82.5 Å². The van der Waals surface area contributed by atoms with Gasteiger partial charge in [0.05, 0.1) is 10.6 Å². The molecule has 0 unspecified atom stereocenters. The maximum Gasteiger partial charge on any atom is 0.264 e. The van der Waals surface area contributed by atoms with Crippen molar-refractivity contribution < 1.29 is 18.0 Å². The molecule has 202 valence electrons. The number of hydrogen-bond donors (Lipinski definition) is 1. The molecule has 0 aromatic heterocycles. The standard InChI is InChI=1S/C30H37N3O4S/c1-22-17-18-26(19-23(22)2)33(38(36,37)27-15-11-8-12-16-27)21-28(34)32(20-25-13-9-7-10-14-25)24(3)29(35)31-30(4,5)6/h7-19,24H,20-21H2,1-6H3,(H,31,35)/t24-/m0/s1. The lowest BCUT2D eigenvalue weighted by Crippen LogP contribution is -2.54. The van der Waals surface area contributed by atoms with Crippen LogP contribution in [0.4, 0.5) is 5.69 Å². The molecular formula is C30H37N3O4S. The van der Waals surface area contributed by atoms with E-state index in [0.29, 0.717) is 5.69 Å². The number of carbonyl (C=O) groups is 2. The number of hydrogen-bond acceptors (Lipinski definition) is 4. The van der Waals surface area contributed by atoms with E-state index in [0.717, 1.165) is 21.0 Å². The van der Waals surface area contributed by atoms with Crippen LogP contribution in [0.3, 0.4) is 0 Å². The molecule has 0 aliphatic heterocycles. The van der Waals surface area contributed by atoms with E-state index in [2.05, 4.69) is 5.32 Å². The third kappa shape index (κ3) is 7.22. The smallest absolute Gasteiger partial charge is 0.264 e. The SMILES string of the molecule is Cc1ccc(N(CC(=O)N(Cc2ccccc2)[C@@H](C)C(=O)NC(C)(C)C)S(=O)(=O)c2ccccc2)cc1C. The highest BCUT2D eigenvalue weighted by Crippen LogP contribution is 2.26. The molecule has 8 heteroatoms. The van der Waals surface area contributed by atoms with Crippen molar-refractivity contribution >= 4 is 27.5 Å². The summed E-state index contributed by atoms with van der Waals surface area (Å²) in [5.74, 6) is -0.798. The number of amides is 2. The maximum atomic E-state index is 13.9. The zero-order valence-electron chi connectivity index (χ0n) is 22.9. The van der Waals surface area contributed by atoms with Gasteiger partial charge in [-0.1, -0.05) is 54.6 Å². The van der Waals surface area contributed by atoms with Crippen LogP contribution in [-0.2, 0) is 26.2 Å². The minimum absolute atomic E-state index is 0.0826. The summed E-state index contributed by atoms with van der Waals surface area (Å²) in [5, 5.41) is 2.93. The van der Waals surface area contributed by atoms with Gasteiger partial charge in [0.2, 0.25) is 11.8 Å². The largest absolute Gasteiger partial charge is 0.350 e. The number of benzene rings is 3. The molecule has 0 aliphatic rings. The van der Waals surface area contributed by atoms with E-state index in [1.54, 1.807) is 37.3 Å². The van der Waals surface area contributed by atoms with Gasteiger partial charge in [-0.3, -0.25) is 13.9 Å². The molecule has 0 saturated heterocycles. The van der Waals surface area contributed by atoms with Crippen LogP contribution in [0.2, 0.25) is 0 Å². The summed E-state index contributed by atoms with van der Waals surface area (Å²) >= 11 is 0. The number of rotatable bonds is 9. The van der Waals surface area contributed by atoms with Crippen LogP contribution in [0.15, 0.2) is 83.8 Å². The van der Waals surface area contributed by atoms with Crippen molar-refractivity contribution in [1.29, 1.82) is 0 Å². The molecule has 0 heterocycles. The van der Waals surface area contributed by atoms with Crippen molar-refractivity contribution in [1.82, 2.24) is 10.2 Å². The molecule has 0 radical (unpaired) electrons. The van der Waals surface area contributed by atoms with Gasteiger partial charge in [-0.25, -0.2) is 8.42 Å². The zero-order chi connectivity index (χ0) is 28.1. The second kappa shape index (κ2) is 11.8. The second-order valence-electron chi connectivity index (χ2n) is 10.5. The van der Waals surface area contributed by atoms with Gasteiger partial charge in [0.15, 0.2) is 0 Å². The average Bonchev–Trinajstić information content (AvgIpc) is 2.87. The maximum absolute atomic E-state index is 13.9. The van der Waals surface area contributed by atoms with Gasteiger partial charge >= 0.3 is 0 Å². The quantitative estimate of drug-likeness (QED) is 0.425. The topological polar surface area (TPSA) is 86.8 Å². The van der Waals surface area contributed by atoms with Gasteiger partial charge < -0.3 is 10.2 Å². The first-order valence-electron chi connectivity index (χ1n) is 12.6. The normalized spacial score (nSPS) is 12.5. The van der Waals surface area contributed by atoms with Gasteiger partial charge in [0.1, 0.15) is 12.6 Å². The van der Waals surface area contributed by atoms with E-state index >= 15 is 0 Å².